The number of hydrogen-bond donors (Lipinski definition) is 3. The maximum atomic E-state index is 12.3. The Morgan fingerprint density at radius 3 is 2.92 bits per heavy atom. The molecule has 0 bridgehead atoms. The average molecular weight is 325 g/mol. The topological polar surface area (TPSA) is 127 Å². The van der Waals surface area contributed by atoms with Gasteiger partial charge in [0.2, 0.25) is 5.89 Å². The van der Waals surface area contributed by atoms with Crippen LogP contribution in [-0.4, -0.2) is 26.0 Å². The van der Waals surface area contributed by atoms with Gasteiger partial charge in [0.15, 0.2) is 11.5 Å². The Kier molecular flexibility index (Phi) is 4.11. The van der Waals surface area contributed by atoms with E-state index in [9.17, 15) is 9.90 Å². The molecule has 3 rings (SSSR count). The summed E-state index contributed by atoms with van der Waals surface area (Å²) in [7, 11) is 0. The van der Waals surface area contributed by atoms with Crippen molar-refractivity contribution in [1.82, 2.24) is 20.3 Å². The quantitative estimate of drug-likeness (QED) is 0.665. The number of benzene rings is 1. The molecule has 8 nitrogen and oxygen atoms in total. The normalized spacial score (nSPS) is 10.5. The Hall–Kier alpha value is -3.42. The Balaban J connectivity index is 1.79. The lowest BCUT2D eigenvalue weighted by atomic mass is 10.2. The summed E-state index contributed by atoms with van der Waals surface area (Å²) < 4.78 is 5.18. The van der Waals surface area contributed by atoms with Crippen molar-refractivity contribution < 1.29 is 14.3 Å². The van der Waals surface area contributed by atoms with Crippen LogP contribution in [0.2, 0.25) is 0 Å². The van der Waals surface area contributed by atoms with Crippen LogP contribution in [0.5, 0.6) is 5.75 Å². The number of carbonyl (C=O) groups excluding carboxylic acids is 1. The molecule has 4 N–H and O–H groups in total. The van der Waals surface area contributed by atoms with E-state index in [0.29, 0.717) is 17.3 Å². The van der Waals surface area contributed by atoms with Crippen LogP contribution in [0.3, 0.4) is 0 Å². The minimum absolute atomic E-state index is 0.0118. The van der Waals surface area contributed by atoms with Gasteiger partial charge < -0.3 is 20.6 Å². The van der Waals surface area contributed by atoms with Gasteiger partial charge in [-0.3, -0.25) is 4.79 Å². The lowest BCUT2D eigenvalue weighted by Gasteiger charge is -2.09. The number of nitrogens with one attached hydrogen (secondary N) is 1. The van der Waals surface area contributed by atoms with Gasteiger partial charge in [-0.25, -0.2) is 15.0 Å². The van der Waals surface area contributed by atoms with Gasteiger partial charge in [-0.05, 0) is 24.6 Å². The van der Waals surface area contributed by atoms with Crippen LogP contribution in [0, 0.1) is 6.92 Å². The smallest absolute Gasteiger partial charge is 0.273 e. The van der Waals surface area contributed by atoms with Crippen LogP contribution in [0.1, 0.15) is 21.7 Å². The van der Waals surface area contributed by atoms with Crippen LogP contribution < -0.4 is 11.1 Å². The first-order valence-corrected chi connectivity index (χ1v) is 7.14. The Morgan fingerprint density at radius 2 is 2.21 bits per heavy atom. The number of nitrogens with two attached hydrogens (primary N) is 1. The number of carbonyl (C=O) groups is 1. The summed E-state index contributed by atoms with van der Waals surface area (Å²) in [6, 6.07) is 6.60. The van der Waals surface area contributed by atoms with Crippen LogP contribution in [0.15, 0.2) is 41.1 Å². The largest absolute Gasteiger partial charge is 0.508 e. The first-order chi connectivity index (χ1) is 11.5. The Labute approximate surface area is 137 Å². The van der Waals surface area contributed by atoms with Crippen molar-refractivity contribution in [2.24, 2.45) is 0 Å². The minimum atomic E-state index is -0.453. The van der Waals surface area contributed by atoms with E-state index in [1.807, 2.05) is 0 Å². The van der Waals surface area contributed by atoms with E-state index in [4.69, 9.17) is 10.2 Å². The SMILES string of the molecule is Cc1nc(C(=O)NCc2cccc(O)c2)c(N)nc1-c1ncco1. The fourth-order valence-corrected chi connectivity index (χ4v) is 2.17. The summed E-state index contributed by atoms with van der Waals surface area (Å²) >= 11 is 0. The number of nitrogen functional groups attached to an aromatic ring is 1. The number of aromatic nitrogens is 3. The number of aromatic hydroxyl groups is 1. The van der Waals surface area contributed by atoms with Crippen molar-refractivity contribution in [2.45, 2.75) is 13.5 Å². The van der Waals surface area contributed by atoms with E-state index in [1.165, 1.54) is 12.5 Å². The molecule has 122 valence electrons. The van der Waals surface area contributed by atoms with Crippen molar-refractivity contribution in [1.29, 1.82) is 0 Å². The Bertz CT molecular complexity index is 877. The van der Waals surface area contributed by atoms with Crippen LogP contribution >= 0.6 is 0 Å². The molecule has 2 aromatic heterocycles. The van der Waals surface area contributed by atoms with Crippen LogP contribution in [0.25, 0.3) is 11.6 Å². The van der Waals surface area contributed by atoms with Gasteiger partial charge in [-0.15, -0.1) is 0 Å². The zero-order valence-electron chi connectivity index (χ0n) is 12.9. The van der Waals surface area contributed by atoms with Gasteiger partial charge >= 0.3 is 0 Å². The lowest BCUT2D eigenvalue weighted by Crippen LogP contribution is -2.26. The number of nitrogens with zero attached hydrogens (tertiary/aromatic N) is 3. The van der Waals surface area contributed by atoms with Gasteiger partial charge in [0.05, 0.1) is 11.9 Å². The average Bonchev–Trinajstić information content (AvgIpc) is 3.08. The molecule has 3 aromatic rings. The monoisotopic (exact) mass is 325 g/mol. The summed E-state index contributed by atoms with van der Waals surface area (Å²) in [4.78, 5) is 24.6. The molecule has 0 radical (unpaired) electrons. The summed E-state index contributed by atoms with van der Waals surface area (Å²) in [6.45, 7) is 1.92. The molecule has 0 spiro atoms. The summed E-state index contributed by atoms with van der Waals surface area (Å²) in [5.41, 5.74) is 7.50. The number of phenols is 1. The highest BCUT2D eigenvalue weighted by Crippen LogP contribution is 2.20. The second-order valence-corrected chi connectivity index (χ2v) is 5.08. The first kappa shape index (κ1) is 15.5. The third-order valence-electron chi connectivity index (χ3n) is 3.31. The van der Waals surface area contributed by atoms with E-state index in [0.717, 1.165) is 5.56 Å². The van der Waals surface area contributed by atoms with Crippen molar-refractivity contribution >= 4 is 11.7 Å². The van der Waals surface area contributed by atoms with Gasteiger partial charge in [0, 0.05) is 6.54 Å². The molecule has 0 saturated heterocycles. The highest BCUT2D eigenvalue weighted by molar-refractivity contribution is 5.96. The zero-order valence-corrected chi connectivity index (χ0v) is 12.9. The maximum Gasteiger partial charge on any atom is 0.273 e. The fourth-order valence-electron chi connectivity index (χ4n) is 2.17. The molecule has 24 heavy (non-hydrogen) atoms. The molecule has 2 heterocycles. The van der Waals surface area contributed by atoms with Crippen LogP contribution in [0.4, 0.5) is 5.82 Å². The van der Waals surface area contributed by atoms with Crippen molar-refractivity contribution in [2.75, 3.05) is 5.73 Å². The summed E-state index contributed by atoms with van der Waals surface area (Å²) in [5.74, 6) is -0.0433. The van der Waals surface area contributed by atoms with Crippen molar-refractivity contribution in [3.63, 3.8) is 0 Å². The van der Waals surface area contributed by atoms with Crippen molar-refractivity contribution in [3.05, 3.63) is 53.7 Å². The third kappa shape index (κ3) is 3.17. The van der Waals surface area contributed by atoms with Gasteiger partial charge in [0.25, 0.3) is 5.91 Å². The van der Waals surface area contributed by atoms with Gasteiger partial charge in [-0.2, -0.15) is 0 Å². The second kappa shape index (κ2) is 6.37. The van der Waals surface area contributed by atoms with Gasteiger partial charge in [0.1, 0.15) is 17.7 Å². The summed E-state index contributed by atoms with van der Waals surface area (Å²) in [5, 5.41) is 12.1. The third-order valence-corrected chi connectivity index (χ3v) is 3.31. The van der Waals surface area contributed by atoms with E-state index < -0.39 is 5.91 Å². The fraction of sp³-hybridized carbons (Fsp3) is 0.125. The van der Waals surface area contributed by atoms with E-state index in [1.54, 1.807) is 31.2 Å². The summed E-state index contributed by atoms with van der Waals surface area (Å²) in [6.07, 6.45) is 2.91. The number of amides is 1. The molecule has 8 heteroatoms. The number of oxazole rings is 1. The molecule has 1 amide bonds. The highest BCUT2D eigenvalue weighted by Gasteiger charge is 2.18. The standard InChI is InChI=1S/C16H15N5O3/c1-9-12(16-18-5-6-24-16)21-14(17)13(20-9)15(23)19-8-10-3-2-4-11(22)7-10/h2-7,22H,8H2,1H3,(H2,17,21)(H,19,23). The molecule has 0 aliphatic carbocycles. The molecule has 0 aliphatic heterocycles. The van der Waals surface area contributed by atoms with Gasteiger partial charge in [-0.1, -0.05) is 12.1 Å². The number of hydrogen-bond acceptors (Lipinski definition) is 7. The Morgan fingerprint density at radius 1 is 1.38 bits per heavy atom. The number of phenolic OH excluding ortho intramolecular Hbond substituents is 1. The molecule has 0 atom stereocenters. The van der Waals surface area contributed by atoms with Crippen LogP contribution in [-0.2, 0) is 6.54 Å². The number of anilines is 1. The minimum Gasteiger partial charge on any atom is -0.508 e. The predicted molar refractivity (Wildman–Crippen MR) is 86.0 cm³/mol. The molecule has 0 saturated carbocycles. The molecular formula is C16H15N5O3. The number of aryl methyl sites for hydroxylation is 1. The first-order valence-electron chi connectivity index (χ1n) is 7.14. The second-order valence-electron chi connectivity index (χ2n) is 5.08. The molecule has 1 aromatic carbocycles. The van der Waals surface area contributed by atoms with E-state index >= 15 is 0 Å². The lowest BCUT2D eigenvalue weighted by molar-refractivity contribution is 0.0946. The molecule has 0 fully saturated rings. The number of rotatable bonds is 4. The molecule has 0 aliphatic rings. The highest BCUT2D eigenvalue weighted by atomic mass is 16.3. The molecule has 0 unspecified atom stereocenters. The zero-order chi connectivity index (χ0) is 17.1. The van der Waals surface area contributed by atoms with E-state index in [-0.39, 0.29) is 23.8 Å². The predicted octanol–water partition coefficient (Wildman–Crippen LogP) is 1.66. The molecular weight excluding hydrogens is 310 g/mol. The van der Waals surface area contributed by atoms with E-state index in [2.05, 4.69) is 20.3 Å². The maximum absolute atomic E-state index is 12.3. The van der Waals surface area contributed by atoms with Crippen molar-refractivity contribution in [3.8, 4) is 17.3 Å².